The molecule has 0 fully saturated rings. The number of benzene rings is 2. The van der Waals surface area contributed by atoms with E-state index in [0.29, 0.717) is 17.7 Å². The summed E-state index contributed by atoms with van der Waals surface area (Å²) in [6.07, 6.45) is 0.562. The molecular weight excluding hydrogens is 341 g/mol. The number of allylic oxidation sites excluding steroid dienone is 1. The van der Waals surface area contributed by atoms with Crippen LogP contribution in [0.25, 0.3) is 11.1 Å². The molecule has 6 heteroatoms. The van der Waals surface area contributed by atoms with Crippen molar-refractivity contribution in [3.8, 4) is 5.75 Å². The number of nitrogens with one attached hydrogen (secondary N) is 1. The van der Waals surface area contributed by atoms with E-state index in [1.54, 1.807) is 7.11 Å². The Labute approximate surface area is 173 Å². The van der Waals surface area contributed by atoms with Crippen LogP contribution >= 0.6 is 0 Å². The minimum absolute atomic E-state index is 0. The minimum atomic E-state index is -0.846. The molecule has 4 rings (SSSR count). The molecular formula is C20H18NNaO4. The zero-order valence-corrected chi connectivity index (χ0v) is 13.7. The zero-order chi connectivity index (χ0) is 17.6. The summed E-state index contributed by atoms with van der Waals surface area (Å²) in [6.45, 7) is 0. The predicted molar refractivity (Wildman–Crippen MR) is 102 cm³/mol. The van der Waals surface area contributed by atoms with E-state index >= 15 is 0 Å². The van der Waals surface area contributed by atoms with Gasteiger partial charge in [-0.15, -0.1) is 0 Å². The summed E-state index contributed by atoms with van der Waals surface area (Å²) in [5, 5.41) is 12.2. The summed E-state index contributed by atoms with van der Waals surface area (Å²) in [6, 6.07) is 13.2. The SMILES string of the molecule is COc1ccc2c(c1)C(CC(=O)O)CC2=C1C(=O)Nc2ccccc21.[NaH]. The fraction of sp³-hybridized carbons (Fsp3) is 0.200. The average molecular weight is 359 g/mol. The molecule has 0 spiro atoms. The van der Waals surface area contributed by atoms with Gasteiger partial charge in [0, 0.05) is 11.3 Å². The maximum atomic E-state index is 12.6. The van der Waals surface area contributed by atoms with E-state index in [2.05, 4.69) is 5.32 Å². The molecule has 2 aromatic rings. The van der Waals surface area contributed by atoms with Crippen LogP contribution in [0.4, 0.5) is 5.69 Å². The normalized spacial score (nSPS) is 20.0. The number of para-hydroxylation sites is 1. The quantitative estimate of drug-likeness (QED) is 0.653. The number of carboxylic acid groups (broad SMARTS) is 1. The number of ether oxygens (including phenoxy) is 1. The third-order valence-electron chi connectivity index (χ3n) is 4.87. The number of hydrogen-bond donors (Lipinski definition) is 2. The number of anilines is 1. The van der Waals surface area contributed by atoms with Crippen molar-refractivity contribution in [2.75, 3.05) is 12.4 Å². The number of methoxy groups -OCH3 is 1. The molecule has 2 aromatic carbocycles. The number of carboxylic acids is 1. The first-order chi connectivity index (χ1) is 12.1. The van der Waals surface area contributed by atoms with Crippen molar-refractivity contribution in [2.24, 2.45) is 0 Å². The summed E-state index contributed by atoms with van der Waals surface area (Å²) in [5.41, 5.74) is 5.10. The monoisotopic (exact) mass is 359 g/mol. The van der Waals surface area contributed by atoms with E-state index in [9.17, 15) is 14.7 Å². The maximum absolute atomic E-state index is 12.6. The number of fused-ring (bicyclic) bond motifs is 2. The summed E-state index contributed by atoms with van der Waals surface area (Å²) in [4.78, 5) is 23.9. The third-order valence-corrected chi connectivity index (χ3v) is 4.87. The van der Waals surface area contributed by atoms with Crippen molar-refractivity contribution >= 4 is 58.3 Å². The molecule has 26 heavy (non-hydrogen) atoms. The number of hydrogen-bond acceptors (Lipinski definition) is 3. The Bertz CT molecular complexity index is 935. The van der Waals surface area contributed by atoms with Crippen LogP contribution < -0.4 is 10.1 Å². The fourth-order valence-corrected chi connectivity index (χ4v) is 3.79. The van der Waals surface area contributed by atoms with Gasteiger partial charge in [0.15, 0.2) is 0 Å². The van der Waals surface area contributed by atoms with E-state index in [1.807, 2.05) is 42.5 Å². The van der Waals surface area contributed by atoms with Gasteiger partial charge in [0.1, 0.15) is 5.75 Å². The van der Waals surface area contributed by atoms with Crippen LogP contribution in [-0.4, -0.2) is 53.7 Å². The van der Waals surface area contributed by atoms with Crippen molar-refractivity contribution in [3.05, 3.63) is 59.2 Å². The van der Waals surface area contributed by atoms with Gasteiger partial charge < -0.3 is 15.2 Å². The first kappa shape index (κ1) is 18.7. The number of aliphatic carboxylic acids is 1. The van der Waals surface area contributed by atoms with Gasteiger partial charge in [-0.3, -0.25) is 9.59 Å². The number of carbonyl (C=O) groups excluding carboxylic acids is 1. The van der Waals surface area contributed by atoms with Gasteiger partial charge in [-0.1, -0.05) is 24.3 Å². The van der Waals surface area contributed by atoms with E-state index in [0.717, 1.165) is 28.0 Å². The molecule has 1 atom stereocenters. The van der Waals surface area contributed by atoms with Crippen molar-refractivity contribution in [3.63, 3.8) is 0 Å². The molecule has 1 aliphatic carbocycles. The molecule has 0 aromatic heterocycles. The van der Waals surface area contributed by atoms with E-state index in [1.165, 1.54) is 0 Å². The molecule has 0 saturated carbocycles. The Morgan fingerprint density at radius 2 is 2.00 bits per heavy atom. The molecule has 0 saturated heterocycles. The molecule has 0 bridgehead atoms. The molecule has 1 heterocycles. The van der Waals surface area contributed by atoms with Crippen molar-refractivity contribution in [2.45, 2.75) is 18.8 Å². The molecule has 1 aliphatic heterocycles. The molecule has 1 amide bonds. The summed E-state index contributed by atoms with van der Waals surface area (Å²) in [5.74, 6) is -0.447. The Hall–Kier alpha value is -2.08. The van der Waals surface area contributed by atoms with Gasteiger partial charge in [-0.2, -0.15) is 0 Å². The second-order valence-electron chi connectivity index (χ2n) is 6.31. The summed E-state index contributed by atoms with van der Waals surface area (Å²) >= 11 is 0. The van der Waals surface area contributed by atoms with Crippen molar-refractivity contribution < 1.29 is 19.4 Å². The van der Waals surface area contributed by atoms with Crippen molar-refractivity contribution in [1.29, 1.82) is 0 Å². The Kier molecular flexibility index (Phi) is 5.23. The van der Waals surface area contributed by atoms with Gasteiger partial charge in [-0.05, 0) is 47.2 Å². The van der Waals surface area contributed by atoms with Gasteiger partial charge in [-0.25, -0.2) is 0 Å². The first-order valence-corrected chi connectivity index (χ1v) is 8.12. The van der Waals surface area contributed by atoms with Gasteiger partial charge in [0.05, 0.1) is 19.1 Å². The fourth-order valence-electron chi connectivity index (χ4n) is 3.79. The number of amides is 1. The van der Waals surface area contributed by atoms with Crippen LogP contribution in [0.5, 0.6) is 5.75 Å². The Morgan fingerprint density at radius 1 is 1.23 bits per heavy atom. The molecule has 128 valence electrons. The van der Waals surface area contributed by atoms with Crippen LogP contribution in [0.15, 0.2) is 42.5 Å². The standard InChI is InChI=1S/C20H17NO4.Na.H/c1-25-12-6-7-13-15(10-12)11(9-18(22)23)8-16(13)19-14-4-2-3-5-17(14)21-20(19)24;;/h2-7,10-11H,8-9H2,1H3,(H,21,24)(H,22,23);;. The molecule has 1 unspecified atom stereocenters. The summed E-state index contributed by atoms with van der Waals surface area (Å²) in [7, 11) is 1.59. The number of carbonyl (C=O) groups is 2. The molecule has 2 N–H and O–H groups in total. The Balaban J connectivity index is 0.00000196. The van der Waals surface area contributed by atoms with E-state index in [-0.39, 0.29) is 47.8 Å². The second-order valence-corrected chi connectivity index (χ2v) is 6.31. The molecule has 0 radical (unpaired) electrons. The van der Waals surface area contributed by atoms with Gasteiger partial charge in [0.2, 0.25) is 0 Å². The predicted octanol–water partition coefficient (Wildman–Crippen LogP) is 2.87. The number of rotatable bonds is 3. The van der Waals surface area contributed by atoms with Crippen LogP contribution in [0, 0.1) is 0 Å². The van der Waals surface area contributed by atoms with Crippen LogP contribution in [0.2, 0.25) is 0 Å². The van der Waals surface area contributed by atoms with Gasteiger partial charge in [0.25, 0.3) is 5.91 Å². The topological polar surface area (TPSA) is 75.6 Å². The van der Waals surface area contributed by atoms with Gasteiger partial charge >= 0.3 is 35.5 Å². The van der Waals surface area contributed by atoms with Crippen LogP contribution in [0.3, 0.4) is 0 Å². The average Bonchev–Trinajstić information content (AvgIpc) is 3.10. The first-order valence-electron chi connectivity index (χ1n) is 8.12. The zero-order valence-electron chi connectivity index (χ0n) is 13.7. The van der Waals surface area contributed by atoms with Crippen molar-refractivity contribution in [1.82, 2.24) is 0 Å². The van der Waals surface area contributed by atoms with Crippen LogP contribution in [0.1, 0.15) is 35.4 Å². The van der Waals surface area contributed by atoms with E-state index in [4.69, 9.17) is 4.74 Å². The molecule has 5 nitrogen and oxygen atoms in total. The molecule has 2 aliphatic rings. The summed E-state index contributed by atoms with van der Waals surface area (Å²) < 4.78 is 5.29. The third kappa shape index (κ3) is 3.07. The second kappa shape index (κ2) is 7.27. The Morgan fingerprint density at radius 3 is 2.73 bits per heavy atom. The van der Waals surface area contributed by atoms with Crippen LogP contribution in [-0.2, 0) is 9.59 Å². The van der Waals surface area contributed by atoms with E-state index < -0.39 is 5.97 Å².